The molecule has 15 heavy (non-hydrogen) atoms. The minimum absolute atomic E-state index is 0.0355. The average Bonchev–Trinajstić information content (AvgIpc) is 2.22. The zero-order valence-corrected chi connectivity index (χ0v) is 8.24. The number of carbonyl (C=O) groups is 2. The summed E-state index contributed by atoms with van der Waals surface area (Å²) < 4.78 is 0. The molecule has 1 rings (SSSR count). The van der Waals surface area contributed by atoms with Gasteiger partial charge >= 0.3 is 11.8 Å². The molecule has 0 saturated carbocycles. The molecule has 0 aliphatic carbocycles. The standard InChI is InChI=1S/C7H10N6O2/c1-3-4(2)12-13-7(9-3)10-5(14)6(15)11-8/h8H2,1-2H3,(H,11,15)(H,9,10,13,14). The van der Waals surface area contributed by atoms with Crippen LogP contribution in [0.25, 0.3) is 0 Å². The van der Waals surface area contributed by atoms with E-state index in [2.05, 4.69) is 20.5 Å². The number of hydrogen-bond acceptors (Lipinski definition) is 6. The van der Waals surface area contributed by atoms with E-state index >= 15 is 0 Å². The SMILES string of the molecule is Cc1nnc(NC(=O)C(=O)NN)nc1C. The Morgan fingerprint density at radius 1 is 1.13 bits per heavy atom. The van der Waals surface area contributed by atoms with Gasteiger partial charge in [-0.15, -0.1) is 5.10 Å². The fourth-order valence-electron chi connectivity index (χ4n) is 0.734. The van der Waals surface area contributed by atoms with E-state index < -0.39 is 11.8 Å². The number of hydrogen-bond donors (Lipinski definition) is 3. The van der Waals surface area contributed by atoms with Crippen LogP contribution in [0.15, 0.2) is 0 Å². The van der Waals surface area contributed by atoms with E-state index in [4.69, 9.17) is 5.84 Å². The van der Waals surface area contributed by atoms with E-state index in [1.54, 1.807) is 19.3 Å². The van der Waals surface area contributed by atoms with Crippen molar-refractivity contribution < 1.29 is 9.59 Å². The molecule has 0 atom stereocenters. The van der Waals surface area contributed by atoms with Gasteiger partial charge in [0.1, 0.15) is 0 Å². The molecule has 0 bridgehead atoms. The molecule has 1 heterocycles. The maximum Gasteiger partial charge on any atom is 0.323 e. The van der Waals surface area contributed by atoms with Crippen LogP contribution in [0.2, 0.25) is 0 Å². The Morgan fingerprint density at radius 2 is 1.80 bits per heavy atom. The van der Waals surface area contributed by atoms with Crippen molar-refractivity contribution in [3.8, 4) is 0 Å². The average molecular weight is 210 g/mol. The van der Waals surface area contributed by atoms with Gasteiger partial charge in [-0.1, -0.05) is 0 Å². The first-order valence-electron chi connectivity index (χ1n) is 4.04. The molecule has 1 aromatic heterocycles. The van der Waals surface area contributed by atoms with Crippen LogP contribution in [0.1, 0.15) is 11.4 Å². The quantitative estimate of drug-likeness (QED) is 0.222. The number of nitrogens with two attached hydrogens (primary N) is 1. The third-order valence-corrected chi connectivity index (χ3v) is 1.65. The van der Waals surface area contributed by atoms with Gasteiger partial charge in [0.2, 0.25) is 5.95 Å². The molecule has 0 radical (unpaired) electrons. The van der Waals surface area contributed by atoms with Crippen molar-refractivity contribution in [2.24, 2.45) is 5.84 Å². The molecule has 0 unspecified atom stereocenters. The fourth-order valence-corrected chi connectivity index (χ4v) is 0.734. The highest BCUT2D eigenvalue weighted by molar-refractivity contribution is 6.39. The summed E-state index contributed by atoms with van der Waals surface area (Å²) in [6.07, 6.45) is 0. The Kier molecular flexibility index (Phi) is 3.24. The van der Waals surface area contributed by atoms with E-state index in [9.17, 15) is 9.59 Å². The van der Waals surface area contributed by atoms with Gasteiger partial charge in [0.25, 0.3) is 0 Å². The summed E-state index contributed by atoms with van der Waals surface area (Å²) in [5.41, 5.74) is 2.95. The number of aromatic nitrogens is 3. The van der Waals surface area contributed by atoms with E-state index in [0.717, 1.165) is 0 Å². The first-order chi connectivity index (χ1) is 7.04. The maximum atomic E-state index is 11.0. The van der Waals surface area contributed by atoms with Crippen LogP contribution in [0.3, 0.4) is 0 Å². The van der Waals surface area contributed by atoms with Gasteiger partial charge in [0, 0.05) is 0 Å². The number of hydrazine groups is 1. The van der Waals surface area contributed by atoms with Gasteiger partial charge in [0.05, 0.1) is 11.4 Å². The zero-order valence-electron chi connectivity index (χ0n) is 8.24. The Balaban J connectivity index is 2.77. The first-order valence-corrected chi connectivity index (χ1v) is 4.04. The smallest absolute Gasteiger partial charge is 0.286 e. The van der Waals surface area contributed by atoms with Crippen molar-refractivity contribution in [3.63, 3.8) is 0 Å². The molecule has 2 amide bonds. The molecular formula is C7H10N6O2. The third kappa shape index (κ3) is 2.68. The molecule has 0 aliphatic heterocycles. The fraction of sp³-hybridized carbons (Fsp3) is 0.286. The third-order valence-electron chi connectivity index (χ3n) is 1.65. The number of anilines is 1. The Labute approximate surface area is 85.3 Å². The zero-order chi connectivity index (χ0) is 11.4. The number of rotatable bonds is 1. The van der Waals surface area contributed by atoms with Crippen LogP contribution in [0.5, 0.6) is 0 Å². The number of amides is 2. The maximum absolute atomic E-state index is 11.0. The predicted molar refractivity (Wildman–Crippen MR) is 50.3 cm³/mol. The number of carbonyl (C=O) groups excluding carboxylic acids is 2. The van der Waals surface area contributed by atoms with Gasteiger partial charge < -0.3 is 0 Å². The molecule has 4 N–H and O–H groups in total. The molecule has 0 fully saturated rings. The molecule has 0 aromatic carbocycles. The monoisotopic (exact) mass is 210 g/mol. The van der Waals surface area contributed by atoms with E-state index in [-0.39, 0.29) is 5.95 Å². The lowest BCUT2D eigenvalue weighted by Gasteiger charge is -2.02. The molecule has 80 valence electrons. The van der Waals surface area contributed by atoms with Gasteiger partial charge in [-0.05, 0) is 13.8 Å². The van der Waals surface area contributed by atoms with Crippen LogP contribution in [-0.4, -0.2) is 27.0 Å². The number of nitrogens with one attached hydrogen (secondary N) is 2. The molecule has 8 nitrogen and oxygen atoms in total. The van der Waals surface area contributed by atoms with Gasteiger partial charge in [0.15, 0.2) is 0 Å². The van der Waals surface area contributed by atoms with Crippen LogP contribution < -0.4 is 16.6 Å². The van der Waals surface area contributed by atoms with Crippen LogP contribution >= 0.6 is 0 Å². The van der Waals surface area contributed by atoms with Crippen LogP contribution in [0, 0.1) is 13.8 Å². The van der Waals surface area contributed by atoms with Crippen molar-refractivity contribution in [2.75, 3.05) is 5.32 Å². The summed E-state index contributed by atoms with van der Waals surface area (Å²) in [6, 6.07) is 0. The first kappa shape index (κ1) is 11.0. The summed E-state index contributed by atoms with van der Waals surface area (Å²) >= 11 is 0. The Hall–Kier alpha value is -2.09. The minimum Gasteiger partial charge on any atom is -0.286 e. The van der Waals surface area contributed by atoms with Gasteiger partial charge in [-0.25, -0.2) is 10.8 Å². The normalized spacial score (nSPS) is 9.53. The molecule has 1 aromatic rings. The molecule has 0 aliphatic rings. The van der Waals surface area contributed by atoms with E-state index in [1.807, 2.05) is 0 Å². The molecule has 0 spiro atoms. The second kappa shape index (κ2) is 4.42. The lowest BCUT2D eigenvalue weighted by molar-refractivity contribution is -0.136. The highest BCUT2D eigenvalue weighted by Crippen LogP contribution is 2.01. The van der Waals surface area contributed by atoms with Crippen molar-refractivity contribution in [2.45, 2.75) is 13.8 Å². The highest BCUT2D eigenvalue weighted by Gasteiger charge is 2.13. The highest BCUT2D eigenvalue weighted by atomic mass is 16.2. The van der Waals surface area contributed by atoms with Crippen molar-refractivity contribution in [3.05, 3.63) is 11.4 Å². The van der Waals surface area contributed by atoms with E-state index in [0.29, 0.717) is 11.4 Å². The summed E-state index contributed by atoms with van der Waals surface area (Å²) in [5, 5.41) is 9.45. The Bertz CT molecular complexity index is 404. The summed E-state index contributed by atoms with van der Waals surface area (Å²) in [7, 11) is 0. The summed E-state index contributed by atoms with van der Waals surface area (Å²) in [5.74, 6) is 2.81. The lowest BCUT2D eigenvalue weighted by Crippen LogP contribution is -2.39. The van der Waals surface area contributed by atoms with E-state index in [1.165, 1.54) is 0 Å². The van der Waals surface area contributed by atoms with Gasteiger partial charge in [-0.2, -0.15) is 5.10 Å². The molecular weight excluding hydrogens is 200 g/mol. The molecule has 0 saturated heterocycles. The number of aryl methyl sites for hydroxylation is 2. The van der Waals surface area contributed by atoms with Crippen molar-refractivity contribution >= 4 is 17.8 Å². The number of nitrogens with zero attached hydrogens (tertiary/aromatic N) is 3. The predicted octanol–water partition coefficient (Wildman–Crippen LogP) is -1.58. The lowest BCUT2D eigenvalue weighted by atomic mass is 10.4. The second-order valence-corrected chi connectivity index (χ2v) is 2.73. The van der Waals surface area contributed by atoms with Crippen molar-refractivity contribution in [1.29, 1.82) is 0 Å². The topological polar surface area (TPSA) is 123 Å². The van der Waals surface area contributed by atoms with Gasteiger partial charge in [-0.3, -0.25) is 20.3 Å². The largest absolute Gasteiger partial charge is 0.323 e. The van der Waals surface area contributed by atoms with Crippen molar-refractivity contribution in [1.82, 2.24) is 20.6 Å². The minimum atomic E-state index is -0.975. The summed E-state index contributed by atoms with van der Waals surface area (Å²) in [6.45, 7) is 3.44. The molecule has 8 heteroatoms. The van der Waals surface area contributed by atoms with Crippen LogP contribution in [-0.2, 0) is 9.59 Å². The summed E-state index contributed by atoms with van der Waals surface area (Å²) in [4.78, 5) is 25.7. The van der Waals surface area contributed by atoms with Crippen LogP contribution in [0.4, 0.5) is 5.95 Å². The Morgan fingerprint density at radius 3 is 2.33 bits per heavy atom. The second-order valence-electron chi connectivity index (χ2n) is 2.73.